The molecular weight excluding hydrogens is 497 g/mol. The Labute approximate surface area is 222 Å². The van der Waals surface area contributed by atoms with Crippen molar-refractivity contribution in [3.63, 3.8) is 0 Å². The third-order valence-electron chi connectivity index (χ3n) is 5.33. The first-order chi connectivity index (χ1) is 17.9. The van der Waals surface area contributed by atoms with Gasteiger partial charge >= 0.3 is 12.0 Å². The predicted octanol–water partition coefficient (Wildman–Crippen LogP) is 0.224. The Morgan fingerprint density at radius 3 is 2.18 bits per heavy atom. The number of aliphatic carboxylic acids is 1. The lowest BCUT2D eigenvalue weighted by Crippen LogP contribution is -2.54. The Kier molecular flexibility index (Phi) is 14.0. The highest BCUT2D eigenvalue weighted by Gasteiger charge is 2.28. The molecule has 5 amide bonds. The molecule has 208 valence electrons. The molecule has 2 atom stereocenters. The fraction of sp³-hybridized carbons (Fsp3) is 0.500. The summed E-state index contributed by atoms with van der Waals surface area (Å²) in [4.78, 5) is 70.9. The van der Waals surface area contributed by atoms with Gasteiger partial charge in [0.15, 0.2) is 0 Å². The molecule has 0 spiro atoms. The van der Waals surface area contributed by atoms with Crippen LogP contribution in [0.5, 0.6) is 0 Å². The van der Waals surface area contributed by atoms with E-state index in [1.54, 1.807) is 38.1 Å². The van der Waals surface area contributed by atoms with E-state index in [2.05, 4.69) is 21.3 Å². The number of nitrogens with two attached hydrogens (primary N) is 1. The van der Waals surface area contributed by atoms with Crippen molar-refractivity contribution in [1.29, 1.82) is 0 Å². The average molecular weight is 533 g/mol. The van der Waals surface area contributed by atoms with Crippen LogP contribution in [0.4, 0.5) is 15.3 Å². The molecule has 0 bridgehead atoms. The number of primary amides is 1. The molecule has 0 saturated carbocycles. The van der Waals surface area contributed by atoms with E-state index in [1.165, 1.54) is 7.85 Å². The summed E-state index contributed by atoms with van der Waals surface area (Å²) in [6.07, 6.45) is 0.401. The van der Waals surface area contributed by atoms with Crippen LogP contribution in [0, 0.1) is 5.92 Å². The molecule has 0 aliphatic heterocycles. The van der Waals surface area contributed by atoms with E-state index in [1.807, 2.05) is 0 Å². The number of carboxylic acids is 1. The zero-order valence-corrected chi connectivity index (χ0v) is 21.9. The summed E-state index contributed by atoms with van der Waals surface area (Å²) in [6.45, 7) is 3.73. The highest BCUT2D eigenvalue weighted by Crippen LogP contribution is 2.13. The zero-order chi connectivity index (χ0) is 28.7. The fourth-order valence-electron chi connectivity index (χ4n) is 3.33. The number of hydrogen-bond donors (Lipinski definition) is 6. The molecule has 38 heavy (non-hydrogen) atoms. The predicted molar refractivity (Wildman–Crippen MR) is 141 cm³/mol. The number of amides is 5. The number of ether oxygens (including phenoxy) is 1. The lowest BCUT2D eigenvalue weighted by atomic mass is 10.0. The van der Waals surface area contributed by atoms with Gasteiger partial charge in [-0.1, -0.05) is 26.0 Å². The second kappa shape index (κ2) is 16.6. The second-order valence-corrected chi connectivity index (χ2v) is 9.00. The molecule has 1 rings (SSSR count). The van der Waals surface area contributed by atoms with Crippen LogP contribution < -0.4 is 27.0 Å². The van der Waals surface area contributed by atoms with Crippen molar-refractivity contribution in [2.45, 2.75) is 64.6 Å². The number of benzene rings is 1. The van der Waals surface area contributed by atoms with Crippen LogP contribution in [-0.2, 0) is 30.5 Å². The van der Waals surface area contributed by atoms with Crippen molar-refractivity contribution >= 4 is 49.1 Å². The Morgan fingerprint density at radius 1 is 0.974 bits per heavy atom. The van der Waals surface area contributed by atoms with E-state index in [4.69, 9.17) is 15.6 Å². The van der Waals surface area contributed by atoms with Crippen molar-refractivity contribution in [2.75, 3.05) is 11.9 Å². The number of hydrogen-bond acceptors (Lipinski definition) is 7. The zero-order valence-electron chi connectivity index (χ0n) is 21.9. The SMILES string of the molecule is BC(=O)OCc1ccc(NC(=O)[C@H](CCCNC(N)=O)NC(=O)C(NC(=O)CCCC(=O)O)C(C)C)cc1. The van der Waals surface area contributed by atoms with Gasteiger partial charge in [-0.15, -0.1) is 0 Å². The second-order valence-electron chi connectivity index (χ2n) is 9.00. The van der Waals surface area contributed by atoms with Gasteiger partial charge in [0, 0.05) is 25.1 Å². The third kappa shape index (κ3) is 13.3. The molecular formula is C24H36BN5O8. The van der Waals surface area contributed by atoms with Gasteiger partial charge in [-0.2, -0.15) is 0 Å². The molecule has 0 heterocycles. The van der Waals surface area contributed by atoms with Crippen LogP contribution >= 0.6 is 0 Å². The molecule has 0 aromatic heterocycles. The molecule has 13 nitrogen and oxygen atoms in total. The number of carbonyl (C=O) groups excluding carboxylic acids is 5. The van der Waals surface area contributed by atoms with Gasteiger partial charge in [-0.3, -0.25) is 24.0 Å². The smallest absolute Gasteiger partial charge is 0.312 e. The Balaban J connectivity index is 2.88. The molecule has 0 saturated heterocycles. The molecule has 0 aliphatic carbocycles. The highest BCUT2D eigenvalue weighted by atomic mass is 16.5. The number of nitrogens with one attached hydrogen (secondary N) is 4. The van der Waals surface area contributed by atoms with E-state index < -0.39 is 47.7 Å². The molecule has 1 aromatic rings. The largest absolute Gasteiger partial charge is 0.481 e. The Hall–Kier alpha value is -4.10. The summed E-state index contributed by atoms with van der Waals surface area (Å²) in [7, 11) is 1.30. The number of carboxylic acid groups (broad SMARTS) is 1. The standard InChI is InChI=1S/C24H36BN5O8/c1-14(2)20(30-18(31)6-3-7-19(32)33)22(35)29-17(5-4-12-27-24(26)37)21(34)28-16-10-8-15(9-11-16)13-38-23(25)36/h8-11,14,17,20H,3-7,12-13,25H2,1-2H3,(H,28,34)(H,29,35)(H,30,31)(H,32,33)(H3,26,27,37)/t17-,20?/m0/s1. The molecule has 14 heteroatoms. The van der Waals surface area contributed by atoms with Gasteiger partial charge in [0.05, 0.1) is 0 Å². The molecule has 7 N–H and O–H groups in total. The van der Waals surface area contributed by atoms with Gasteiger partial charge < -0.3 is 36.8 Å². The minimum absolute atomic E-state index is 0.0566. The van der Waals surface area contributed by atoms with Gasteiger partial charge in [-0.05, 0) is 42.9 Å². The minimum atomic E-state index is -1.02. The Bertz CT molecular complexity index is 987. The van der Waals surface area contributed by atoms with Crippen molar-refractivity contribution in [1.82, 2.24) is 16.0 Å². The summed E-state index contributed by atoms with van der Waals surface area (Å²) < 4.78 is 4.94. The maximum Gasteiger partial charge on any atom is 0.312 e. The quantitative estimate of drug-likeness (QED) is 0.128. The summed E-state index contributed by atoms with van der Waals surface area (Å²) in [6, 6.07) is 3.94. The number of carbonyl (C=O) groups is 6. The maximum atomic E-state index is 13.1. The summed E-state index contributed by atoms with van der Waals surface area (Å²) >= 11 is 0. The van der Waals surface area contributed by atoms with Gasteiger partial charge in [0.2, 0.25) is 31.4 Å². The van der Waals surface area contributed by atoms with Crippen LogP contribution in [-0.4, -0.2) is 67.2 Å². The van der Waals surface area contributed by atoms with Crippen LogP contribution in [0.1, 0.15) is 51.5 Å². The molecule has 1 aromatic carbocycles. The number of anilines is 1. The topological polar surface area (TPSA) is 206 Å². The van der Waals surface area contributed by atoms with E-state index in [0.29, 0.717) is 12.1 Å². The van der Waals surface area contributed by atoms with Gasteiger partial charge in [0.25, 0.3) is 0 Å². The van der Waals surface area contributed by atoms with Crippen molar-refractivity contribution in [2.24, 2.45) is 11.7 Å². The first-order valence-electron chi connectivity index (χ1n) is 12.3. The summed E-state index contributed by atoms with van der Waals surface area (Å²) in [5.41, 5.74) is 6.24. The third-order valence-corrected chi connectivity index (χ3v) is 5.33. The average Bonchev–Trinajstić information content (AvgIpc) is 2.83. The van der Waals surface area contributed by atoms with Gasteiger partial charge in [0.1, 0.15) is 18.7 Å². The first kappa shape index (κ1) is 31.9. The van der Waals surface area contributed by atoms with Gasteiger partial charge in [-0.25, -0.2) is 4.79 Å². The summed E-state index contributed by atoms with van der Waals surface area (Å²) in [5, 5.41) is 19.2. The van der Waals surface area contributed by atoms with E-state index in [9.17, 15) is 28.8 Å². The minimum Gasteiger partial charge on any atom is -0.481 e. The fourth-order valence-corrected chi connectivity index (χ4v) is 3.33. The van der Waals surface area contributed by atoms with Crippen molar-refractivity contribution < 1.29 is 38.6 Å². The maximum absolute atomic E-state index is 13.1. The van der Waals surface area contributed by atoms with Crippen LogP contribution in [0.15, 0.2) is 24.3 Å². The van der Waals surface area contributed by atoms with E-state index in [0.717, 1.165) is 5.56 Å². The molecule has 0 fully saturated rings. The number of urea groups is 1. The molecule has 1 unspecified atom stereocenters. The van der Waals surface area contributed by atoms with Crippen molar-refractivity contribution in [3.8, 4) is 0 Å². The van der Waals surface area contributed by atoms with Crippen LogP contribution in [0.3, 0.4) is 0 Å². The highest BCUT2D eigenvalue weighted by molar-refractivity contribution is 6.55. The molecule has 0 radical (unpaired) electrons. The first-order valence-corrected chi connectivity index (χ1v) is 12.3. The van der Waals surface area contributed by atoms with Crippen molar-refractivity contribution in [3.05, 3.63) is 29.8 Å². The van der Waals surface area contributed by atoms with Crippen LogP contribution in [0.25, 0.3) is 0 Å². The normalized spacial score (nSPS) is 12.1. The monoisotopic (exact) mass is 533 g/mol. The lowest BCUT2D eigenvalue weighted by Gasteiger charge is -2.25. The molecule has 0 aliphatic rings. The van der Waals surface area contributed by atoms with E-state index in [-0.39, 0.29) is 44.8 Å². The lowest BCUT2D eigenvalue weighted by molar-refractivity contribution is -0.137. The van der Waals surface area contributed by atoms with Crippen LogP contribution in [0.2, 0.25) is 0 Å². The van der Waals surface area contributed by atoms with E-state index >= 15 is 0 Å². The summed E-state index contributed by atoms with van der Waals surface area (Å²) in [5.74, 6) is -3.31. The number of rotatable bonds is 16. The Morgan fingerprint density at radius 2 is 1.63 bits per heavy atom.